The maximum absolute atomic E-state index is 9.54. The minimum absolute atomic E-state index is 0.233. The molecule has 1 nitrogen and oxygen atoms in total. The number of allylic oxidation sites excluding steroid dienone is 2. The second-order valence-electron chi connectivity index (χ2n) is 5.18. The van der Waals surface area contributed by atoms with Crippen LogP contribution < -0.4 is 0 Å². The van der Waals surface area contributed by atoms with Gasteiger partial charge in [0.15, 0.2) is 0 Å². The highest BCUT2D eigenvalue weighted by Gasteiger charge is 2.13. The molecule has 0 aromatic heterocycles. The van der Waals surface area contributed by atoms with Gasteiger partial charge in [0.05, 0.1) is 12.0 Å². The molecule has 1 heteroatoms. The lowest BCUT2D eigenvalue weighted by molar-refractivity contribution is 1.03. The molecule has 2 aromatic rings. The zero-order valence-corrected chi connectivity index (χ0v) is 14.5. The maximum Gasteiger partial charge on any atom is 0.0963 e. The van der Waals surface area contributed by atoms with Crippen molar-refractivity contribution in [3.8, 4) is 6.07 Å². The third-order valence-electron chi connectivity index (χ3n) is 3.60. The third kappa shape index (κ3) is 4.97. The monoisotopic (exact) mass is 303 g/mol. The molecule has 0 N–H and O–H groups in total. The summed E-state index contributed by atoms with van der Waals surface area (Å²) in [5.41, 5.74) is 5.51. The van der Waals surface area contributed by atoms with Crippen molar-refractivity contribution < 1.29 is 0 Å². The van der Waals surface area contributed by atoms with Crippen LogP contribution in [-0.2, 0) is 0 Å². The van der Waals surface area contributed by atoms with Crippen molar-refractivity contribution in [1.82, 2.24) is 0 Å². The number of hydrogen-bond donors (Lipinski definition) is 0. The van der Waals surface area contributed by atoms with Crippen molar-refractivity contribution in [3.63, 3.8) is 0 Å². The van der Waals surface area contributed by atoms with Crippen LogP contribution in [0.5, 0.6) is 0 Å². The van der Waals surface area contributed by atoms with Crippen LogP contribution in [0.2, 0.25) is 0 Å². The van der Waals surface area contributed by atoms with Crippen molar-refractivity contribution in [1.29, 1.82) is 5.26 Å². The predicted octanol–water partition coefficient (Wildman–Crippen LogP) is 6.27. The fraction of sp³-hybridized carbons (Fsp3) is 0.227. The molecule has 0 saturated heterocycles. The Bertz CT molecular complexity index is 702. The molecule has 118 valence electrons. The molecule has 0 aliphatic heterocycles. The summed E-state index contributed by atoms with van der Waals surface area (Å²) in [4.78, 5) is 0. The number of aryl methyl sites for hydroxylation is 1. The summed E-state index contributed by atoms with van der Waals surface area (Å²) in [6, 6.07) is 18.5. The van der Waals surface area contributed by atoms with Gasteiger partial charge in [0.25, 0.3) is 0 Å². The highest BCUT2D eigenvalue weighted by Crippen LogP contribution is 2.26. The van der Waals surface area contributed by atoms with E-state index >= 15 is 0 Å². The largest absolute Gasteiger partial charge is 0.197 e. The summed E-state index contributed by atoms with van der Waals surface area (Å²) < 4.78 is 0. The molecule has 2 aromatic carbocycles. The van der Waals surface area contributed by atoms with Gasteiger partial charge < -0.3 is 0 Å². The fourth-order valence-corrected chi connectivity index (χ4v) is 2.29. The Kier molecular flexibility index (Phi) is 7.57. The minimum Gasteiger partial charge on any atom is -0.197 e. The van der Waals surface area contributed by atoms with E-state index in [1.54, 1.807) is 0 Å². The van der Waals surface area contributed by atoms with Gasteiger partial charge in [-0.1, -0.05) is 80.6 Å². The second kappa shape index (κ2) is 9.43. The number of benzene rings is 2. The van der Waals surface area contributed by atoms with Gasteiger partial charge in [-0.15, -0.1) is 0 Å². The van der Waals surface area contributed by atoms with Crippen molar-refractivity contribution in [2.24, 2.45) is 0 Å². The van der Waals surface area contributed by atoms with E-state index in [0.29, 0.717) is 0 Å². The highest BCUT2D eigenvalue weighted by molar-refractivity contribution is 5.60. The molecule has 0 saturated carbocycles. The zero-order valence-electron chi connectivity index (χ0n) is 14.5. The quantitative estimate of drug-likeness (QED) is 0.611. The van der Waals surface area contributed by atoms with E-state index in [1.807, 2.05) is 63.2 Å². The lowest BCUT2D eigenvalue weighted by Gasteiger charge is -2.12. The van der Waals surface area contributed by atoms with E-state index in [-0.39, 0.29) is 5.92 Å². The molecule has 1 atom stereocenters. The normalized spacial score (nSPS) is 11.7. The van der Waals surface area contributed by atoms with E-state index in [0.717, 1.165) is 22.3 Å². The van der Waals surface area contributed by atoms with Crippen LogP contribution >= 0.6 is 0 Å². The van der Waals surface area contributed by atoms with E-state index in [2.05, 4.69) is 37.8 Å². The van der Waals surface area contributed by atoms with Crippen molar-refractivity contribution in [2.45, 2.75) is 33.6 Å². The van der Waals surface area contributed by atoms with Crippen LogP contribution in [0, 0.1) is 18.3 Å². The summed E-state index contributed by atoms with van der Waals surface area (Å²) in [5.74, 6) is -0.233. The van der Waals surface area contributed by atoms with Crippen molar-refractivity contribution in [2.75, 3.05) is 0 Å². The first-order valence-electron chi connectivity index (χ1n) is 8.01. The molecule has 1 unspecified atom stereocenters. The Balaban J connectivity index is 0.00000127. The standard InChI is InChI=1S/C20H19N.C2H6/c1-4-15(2)12-19-13-18(11-10-16(19)3)20(14-21)17-8-6-5-7-9-17;1-2/h4-13,20H,1H2,2-3H3;1-2H3/b15-12-;. The Morgan fingerprint density at radius 3 is 2.30 bits per heavy atom. The van der Waals surface area contributed by atoms with E-state index < -0.39 is 0 Å². The van der Waals surface area contributed by atoms with Crippen LogP contribution in [0.15, 0.2) is 66.8 Å². The first-order valence-corrected chi connectivity index (χ1v) is 8.01. The lowest BCUT2D eigenvalue weighted by atomic mass is 9.90. The minimum atomic E-state index is -0.233. The number of nitrogens with zero attached hydrogens (tertiary/aromatic N) is 1. The van der Waals surface area contributed by atoms with E-state index in [1.165, 1.54) is 5.56 Å². The predicted molar refractivity (Wildman–Crippen MR) is 100 cm³/mol. The fourth-order valence-electron chi connectivity index (χ4n) is 2.29. The Labute approximate surface area is 140 Å². The van der Waals surface area contributed by atoms with Gasteiger partial charge >= 0.3 is 0 Å². The number of hydrogen-bond acceptors (Lipinski definition) is 1. The first kappa shape index (κ1) is 18.5. The molecule has 23 heavy (non-hydrogen) atoms. The summed E-state index contributed by atoms with van der Waals surface area (Å²) in [6.45, 7) is 11.9. The topological polar surface area (TPSA) is 23.8 Å². The Morgan fingerprint density at radius 1 is 1.09 bits per heavy atom. The van der Waals surface area contributed by atoms with Crippen LogP contribution in [0.1, 0.15) is 48.9 Å². The molecule has 0 bridgehead atoms. The van der Waals surface area contributed by atoms with E-state index in [4.69, 9.17) is 0 Å². The summed E-state index contributed by atoms with van der Waals surface area (Å²) in [7, 11) is 0. The molecule has 0 radical (unpaired) electrons. The van der Waals surface area contributed by atoms with Gasteiger partial charge in [-0.2, -0.15) is 5.26 Å². The van der Waals surface area contributed by atoms with E-state index in [9.17, 15) is 5.26 Å². The Hall–Kier alpha value is -2.59. The number of rotatable bonds is 4. The van der Waals surface area contributed by atoms with Crippen LogP contribution in [-0.4, -0.2) is 0 Å². The molecule has 0 amide bonds. The molecular formula is C22H25N. The average Bonchev–Trinajstić information content (AvgIpc) is 2.61. The first-order chi connectivity index (χ1) is 11.2. The Morgan fingerprint density at radius 2 is 1.74 bits per heavy atom. The van der Waals surface area contributed by atoms with Gasteiger partial charge in [-0.3, -0.25) is 0 Å². The smallest absolute Gasteiger partial charge is 0.0963 e. The highest BCUT2D eigenvalue weighted by atomic mass is 14.3. The third-order valence-corrected chi connectivity index (χ3v) is 3.60. The van der Waals surface area contributed by atoms with Crippen LogP contribution in [0.3, 0.4) is 0 Å². The molecule has 0 aliphatic rings. The number of nitriles is 1. The molecule has 0 fully saturated rings. The summed E-state index contributed by atoms with van der Waals surface area (Å²) in [5, 5.41) is 9.54. The average molecular weight is 303 g/mol. The van der Waals surface area contributed by atoms with Gasteiger partial charge in [0, 0.05) is 0 Å². The zero-order chi connectivity index (χ0) is 17.2. The molecule has 0 aliphatic carbocycles. The van der Waals surface area contributed by atoms with Gasteiger partial charge in [0.2, 0.25) is 0 Å². The van der Waals surface area contributed by atoms with Crippen LogP contribution in [0.25, 0.3) is 6.08 Å². The molecule has 2 rings (SSSR count). The summed E-state index contributed by atoms with van der Waals surface area (Å²) >= 11 is 0. The van der Waals surface area contributed by atoms with Crippen molar-refractivity contribution >= 4 is 6.08 Å². The molecule has 0 spiro atoms. The van der Waals surface area contributed by atoms with Gasteiger partial charge in [-0.25, -0.2) is 0 Å². The molecular weight excluding hydrogens is 278 g/mol. The van der Waals surface area contributed by atoms with Crippen molar-refractivity contribution in [3.05, 3.63) is 89.0 Å². The van der Waals surface area contributed by atoms with Gasteiger partial charge in [-0.05, 0) is 42.2 Å². The summed E-state index contributed by atoms with van der Waals surface area (Å²) in [6.07, 6.45) is 3.94. The van der Waals surface area contributed by atoms with Gasteiger partial charge in [0.1, 0.15) is 0 Å². The van der Waals surface area contributed by atoms with Crippen LogP contribution in [0.4, 0.5) is 0 Å². The molecule has 0 heterocycles. The SMILES string of the molecule is C=C/C(C)=C\c1cc(C(C#N)c2ccccc2)ccc1C.CC. The second-order valence-corrected chi connectivity index (χ2v) is 5.18. The maximum atomic E-state index is 9.54. The lowest BCUT2D eigenvalue weighted by Crippen LogP contribution is -1.99.